The van der Waals surface area contributed by atoms with E-state index in [1.807, 2.05) is 18.2 Å². The number of benzene rings is 2. The Balaban J connectivity index is 0.000000231. The van der Waals surface area contributed by atoms with E-state index in [0.717, 1.165) is 16.2 Å². The fourth-order valence-electron chi connectivity index (χ4n) is 6.29. The average Bonchev–Trinajstić information content (AvgIpc) is 3.65. The normalized spacial score (nSPS) is 12.3. The predicted molar refractivity (Wildman–Crippen MR) is 242 cm³/mol. The van der Waals surface area contributed by atoms with Gasteiger partial charge in [-0.3, -0.25) is 5.43 Å². The van der Waals surface area contributed by atoms with Crippen LogP contribution in [0.5, 0.6) is 0 Å². The van der Waals surface area contributed by atoms with E-state index in [1.165, 1.54) is 4.57 Å². The third kappa shape index (κ3) is 11.7. The molecule has 0 saturated carbocycles. The number of hydrogen-bond acceptors (Lipinski definition) is 11. The van der Waals surface area contributed by atoms with Gasteiger partial charge in [0.15, 0.2) is 0 Å². The minimum Gasteiger partial charge on any atom is -0.456 e. The molecule has 326 valence electrons. The van der Waals surface area contributed by atoms with Gasteiger partial charge >= 0.3 is 24.1 Å². The van der Waals surface area contributed by atoms with Crippen LogP contribution in [-0.4, -0.2) is 66.0 Å². The number of halogens is 3. The summed E-state index contributed by atoms with van der Waals surface area (Å²) in [6.45, 7) is 21.6. The van der Waals surface area contributed by atoms with E-state index in [4.69, 9.17) is 42.1 Å². The van der Waals surface area contributed by atoms with Crippen molar-refractivity contribution in [3.05, 3.63) is 81.6 Å². The van der Waals surface area contributed by atoms with Crippen LogP contribution in [0, 0.1) is 0 Å². The topological polar surface area (TPSA) is 176 Å². The number of nitrogens with zero attached hydrogens (tertiary/aromatic N) is 3. The zero-order valence-electron chi connectivity index (χ0n) is 36.3. The lowest BCUT2D eigenvalue weighted by Crippen LogP contribution is -2.41. The number of rotatable bonds is 6. The monoisotopic (exact) mass is 940 g/mol. The van der Waals surface area contributed by atoms with Crippen molar-refractivity contribution in [1.82, 2.24) is 30.4 Å². The molecule has 0 saturated heterocycles. The first-order valence-electron chi connectivity index (χ1n) is 19.3. The molecule has 4 aromatic heterocycles. The molecule has 0 unspecified atom stereocenters. The van der Waals surface area contributed by atoms with Gasteiger partial charge in [0.2, 0.25) is 0 Å². The van der Waals surface area contributed by atoms with Crippen LogP contribution in [0.3, 0.4) is 0 Å². The van der Waals surface area contributed by atoms with Gasteiger partial charge in [-0.05, 0) is 95.2 Å². The minimum atomic E-state index is -0.715. The number of alkyl halides is 1. The third-order valence-corrected chi connectivity index (χ3v) is 9.29. The van der Waals surface area contributed by atoms with E-state index in [2.05, 4.69) is 41.7 Å². The lowest BCUT2D eigenvalue weighted by molar-refractivity contribution is 0.00576. The van der Waals surface area contributed by atoms with Crippen LogP contribution >= 0.6 is 39.1 Å². The number of ether oxygens (including phenoxy) is 4. The molecule has 0 spiro atoms. The van der Waals surface area contributed by atoms with E-state index in [9.17, 15) is 19.2 Å². The zero-order valence-corrected chi connectivity index (χ0v) is 39.4. The maximum atomic E-state index is 13.2. The molecule has 6 rings (SSSR count). The Labute approximate surface area is 372 Å². The van der Waals surface area contributed by atoms with E-state index in [0.29, 0.717) is 54.9 Å². The highest BCUT2D eigenvalue weighted by atomic mass is 79.9. The Kier molecular flexibility index (Phi) is 13.7. The fraction of sp³-hybridized carbons (Fsp3) is 0.409. The molecule has 6 aromatic rings. The van der Waals surface area contributed by atoms with Gasteiger partial charge < -0.3 is 23.9 Å². The molecule has 1 amide bonds. The van der Waals surface area contributed by atoms with Crippen LogP contribution in [0.4, 0.5) is 9.59 Å². The average molecular weight is 943 g/mol. The minimum absolute atomic E-state index is 0.0939. The van der Waals surface area contributed by atoms with Crippen LogP contribution in [-0.2, 0) is 30.8 Å². The molecule has 0 atom stereocenters. The third-order valence-electron chi connectivity index (χ3n) is 8.34. The van der Waals surface area contributed by atoms with Gasteiger partial charge in [0.1, 0.15) is 32.7 Å². The lowest BCUT2D eigenvalue weighted by Gasteiger charge is -2.21. The first-order chi connectivity index (χ1) is 28.2. The maximum Gasteiger partial charge on any atom is 0.422 e. The zero-order chi connectivity index (χ0) is 45.4. The summed E-state index contributed by atoms with van der Waals surface area (Å²) < 4.78 is 23.5. The van der Waals surface area contributed by atoms with Crippen LogP contribution in [0.2, 0.25) is 10.3 Å². The largest absolute Gasteiger partial charge is 0.456 e. The summed E-state index contributed by atoms with van der Waals surface area (Å²) >= 11 is 15.7. The van der Waals surface area contributed by atoms with Gasteiger partial charge in [0, 0.05) is 50.0 Å². The van der Waals surface area contributed by atoms with Crippen molar-refractivity contribution in [1.29, 1.82) is 0 Å². The van der Waals surface area contributed by atoms with Crippen LogP contribution in [0.1, 0.15) is 115 Å². The molecule has 0 aliphatic rings. The number of aromatic nitrogens is 4. The summed E-state index contributed by atoms with van der Waals surface area (Å²) in [6, 6.07) is 10.8. The molecule has 0 fully saturated rings. The SMILES string of the molecule is CC(C)(C)OC(=O)NNCc1nc2c(ccc3c[nH]c(Cl)cc32)c1C(=O)OC(C)(C)C.CC(C)(C)OC(=O)c1c(CBr)n(C(=O)OC(C)(C)C)c2c1ccc1cnc(Cl)cc12. The van der Waals surface area contributed by atoms with Crippen molar-refractivity contribution < 1.29 is 38.1 Å². The Bertz CT molecular complexity index is 2670. The predicted octanol–water partition coefficient (Wildman–Crippen LogP) is 11.3. The van der Waals surface area contributed by atoms with Crippen LogP contribution < -0.4 is 10.9 Å². The van der Waals surface area contributed by atoms with Crippen molar-refractivity contribution >= 4 is 107 Å². The molecule has 2 aromatic carbocycles. The van der Waals surface area contributed by atoms with E-state index in [-0.39, 0.29) is 17.0 Å². The molecule has 61 heavy (non-hydrogen) atoms. The van der Waals surface area contributed by atoms with Gasteiger partial charge in [0.25, 0.3) is 0 Å². The highest BCUT2D eigenvalue weighted by Gasteiger charge is 2.32. The summed E-state index contributed by atoms with van der Waals surface area (Å²) in [7, 11) is 0. The number of carbonyl (C=O) groups is 4. The number of H-pyrrole nitrogens is 1. The van der Waals surface area contributed by atoms with Gasteiger partial charge in [0.05, 0.1) is 40.1 Å². The molecule has 14 nitrogen and oxygen atoms in total. The molecule has 17 heteroatoms. The first kappa shape index (κ1) is 47.1. The van der Waals surface area contributed by atoms with E-state index in [1.54, 1.807) is 114 Å². The highest BCUT2D eigenvalue weighted by Crippen LogP contribution is 2.36. The molecule has 0 aliphatic heterocycles. The second-order valence-corrected chi connectivity index (χ2v) is 19.5. The van der Waals surface area contributed by atoms with Crippen molar-refractivity contribution in [2.24, 2.45) is 0 Å². The fourth-order valence-corrected chi connectivity index (χ4v) is 7.14. The Hall–Kier alpha value is -4.96. The second-order valence-electron chi connectivity index (χ2n) is 18.1. The molecule has 3 N–H and O–H groups in total. The van der Waals surface area contributed by atoms with Crippen LogP contribution in [0.15, 0.2) is 48.8 Å². The molecule has 0 bridgehead atoms. The summed E-state index contributed by atoms with van der Waals surface area (Å²) in [4.78, 5) is 63.0. The summed E-state index contributed by atoms with van der Waals surface area (Å²) in [5.41, 5.74) is 5.24. The number of amides is 1. The number of nitrogens with one attached hydrogen (secondary N) is 3. The number of carbonyl (C=O) groups excluding carboxylic acids is 4. The second kappa shape index (κ2) is 17.8. The molecule has 4 heterocycles. The lowest BCUT2D eigenvalue weighted by atomic mass is 10.1. The van der Waals surface area contributed by atoms with Crippen molar-refractivity contribution in [2.75, 3.05) is 0 Å². The highest BCUT2D eigenvalue weighted by molar-refractivity contribution is 9.08. The number of hydrogen-bond donors (Lipinski definition) is 3. The Morgan fingerprint density at radius 2 is 1.30 bits per heavy atom. The van der Waals surface area contributed by atoms with Crippen LogP contribution in [0.25, 0.3) is 43.4 Å². The number of aromatic amines is 1. The maximum absolute atomic E-state index is 13.2. The first-order valence-corrected chi connectivity index (χ1v) is 21.2. The quantitative estimate of drug-likeness (QED) is 0.0476. The van der Waals surface area contributed by atoms with E-state index < -0.39 is 46.5 Å². The summed E-state index contributed by atoms with van der Waals surface area (Å²) in [5, 5.41) is 5.39. The van der Waals surface area contributed by atoms with E-state index >= 15 is 0 Å². The van der Waals surface area contributed by atoms with Gasteiger partial charge in [-0.1, -0.05) is 63.4 Å². The number of fused-ring (bicyclic) bond motifs is 6. The summed E-state index contributed by atoms with van der Waals surface area (Å²) in [6.07, 6.45) is 2.19. The Morgan fingerprint density at radius 3 is 1.89 bits per heavy atom. The molecule has 0 aliphatic carbocycles. The molecular formula is C44H51BrCl2N6O8. The van der Waals surface area contributed by atoms with Gasteiger partial charge in [-0.2, -0.15) is 0 Å². The van der Waals surface area contributed by atoms with Crippen molar-refractivity contribution in [2.45, 2.75) is 117 Å². The Morgan fingerprint density at radius 1 is 0.721 bits per heavy atom. The van der Waals surface area contributed by atoms with Gasteiger partial charge in [-0.15, -0.1) is 0 Å². The smallest absolute Gasteiger partial charge is 0.422 e. The number of pyridine rings is 2. The van der Waals surface area contributed by atoms with Crippen molar-refractivity contribution in [3.8, 4) is 0 Å². The van der Waals surface area contributed by atoms with Gasteiger partial charge in [-0.25, -0.2) is 39.1 Å². The molecule has 0 radical (unpaired) electrons. The number of hydrazine groups is 1. The summed E-state index contributed by atoms with van der Waals surface area (Å²) in [5.74, 6) is -0.999. The standard InChI is InChI=1S/C22H24BrClN2O4.C22H27ClN4O4/c1-21(2,3)29-19(27)17-13-8-7-12-11-25-16(24)9-14(12)18(13)26(15(17)10-23)20(28)30-22(4,5)6;1-21(2,3)30-19(28)17-13-8-7-12-10-24-16(23)9-14(12)18(13)26-15(17)11-25-27-20(29)31-22(4,5)6/h7-9,11H,10H2,1-6H3;7-10,24-25H,11H2,1-6H3,(H,27,29). The van der Waals surface area contributed by atoms with Crippen molar-refractivity contribution in [3.63, 3.8) is 0 Å². The number of esters is 2. The molecular weight excluding hydrogens is 891 g/mol.